The molecular formula is C13H23NO. The minimum Gasteiger partial charge on any atom is -0.298 e. The quantitative estimate of drug-likeness (QED) is 0.709. The molecule has 0 amide bonds. The Bertz CT molecular complexity index is 225. The Morgan fingerprint density at radius 1 is 1.13 bits per heavy atom. The van der Waals surface area contributed by atoms with Crippen LogP contribution in [0.3, 0.4) is 0 Å². The van der Waals surface area contributed by atoms with Crippen LogP contribution in [0.4, 0.5) is 0 Å². The molecule has 0 aromatic rings. The fourth-order valence-electron chi connectivity index (χ4n) is 3.34. The van der Waals surface area contributed by atoms with E-state index in [9.17, 15) is 4.79 Å². The van der Waals surface area contributed by atoms with E-state index >= 15 is 0 Å². The summed E-state index contributed by atoms with van der Waals surface area (Å²) >= 11 is 0. The second kappa shape index (κ2) is 4.65. The summed E-state index contributed by atoms with van der Waals surface area (Å²) in [5, 5.41) is 0. The number of carbonyl (C=O) groups excluding carboxylic acids is 1. The number of carbonyl (C=O) groups is 1. The van der Waals surface area contributed by atoms with Gasteiger partial charge in [-0.15, -0.1) is 0 Å². The molecule has 0 N–H and O–H groups in total. The third-order valence-electron chi connectivity index (χ3n) is 4.14. The molecule has 1 saturated heterocycles. The number of hydrogen-bond acceptors (Lipinski definition) is 2. The Labute approximate surface area is 93.0 Å². The molecule has 0 unspecified atom stereocenters. The fourth-order valence-corrected chi connectivity index (χ4v) is 3.34. The van der Waals surface area contributed by atoms with Gasteiger partial charge in [0.05, 0.1) is 5.54 Å². The lowest BCUT2D eigenvalue weighted by Crippen LogP contribution is -2.51. The molecule has 2 heteroatoms. The lowest BCUT2D eigenvalue weighted by molar-refractivity contribution is -0.130. The van der Waals surface area contributed by atoms with Crippen molar-refractivity contribution in [3.8, 4) is 0 Å². The lowest BCUT2D eigenvalue weighted by atomic mass is 9.87. The van der Waals surface area contributed by atoms with Gasteiger partial charge in [-0.05, 0) is 45.2 Å². The predicted molar refractivity (Wildman–Crippen MR) is 61.9 cm³/mol. The van der Waals surface area contributed by atoms with Crippen LogP contribution < -0.4 is 0 Å². The maximum atomic E-state index is 12.3. The van der Waals surface area contributed by atoms with Gasteiger partial charge in [-0.25, -0.2) is 0 Å². The second-order valence-corrected chi connectivity index (χ2v) is 5.11. The van der Waals surface area contributed by atoms with Crippen LogP contribution in [0, 0.1) is 0 Å². The molecule has 0 aromatic heterocycles. The summed E-state index contributed by atoms with van der Waals surface area (Å²) in [7, 11) is 0. The van der Waals surface area contributed by atoms with E-state index in [1.165, 1.54) is 25.7 Å². The van der Waals surface area contributed by atoms with Crippen molar-refractivity contribution in [1.29, 1.82) is 0 Å². The zero-order valence-electron chi connectivity index (χ0n) is 9.93. The first-order valence-electron chi connectivity index (χ1n) is 6.58. The molecule has 0 radical (unpaired) electrons. The van der Waals surface area contributed by atoms with Gasteiger partial charge in [-0.3, -0.25) is 9.69 Å². The van der Waals surface area contributed by atoms with E-state index in [1.54, 1.807) is 0 Å². The highest BCUT2D eigenvalue weighted by Gasteiger charge is 2.45. The zero-order valence-corrected chi connectivity index (χ0v) is 9.93. The van der Waals surface area contributed by atoms with E-state index in [0.717, 1.165) is 38.8 Å². The van der Waals surface area contributed by atoms with Crippen molar-refractivity contribution in [2.45, 2.75) is 63.8 Å². The largest absolute Gasteiger partial charge is 0.298 e. The molecule has 0 aromatic carbocycles. The molecule has 2 rings (SSSR count). The summed E-state index contributed by atoms with van der Waals surface area (Å²) < 4.78 is 0. The van der Waals surface area contributed by atoms with Crippen LogP contribution in [0.2, 0.25) is 0 Å². The summed E-state index contributed by atoms with van der Waals surface area (Å²) in [4.78, 5) is 14.8. The molecule has 15 heavy (non-hydrogen) atoms. The van der Waals surface area contributed by atoms with E-state index in [1.807, 2.05) is 0 Å². The second-order valence-electron chi connectivity index (χ2n) is 5.11. The maximum Gasteiger partial charge on any atom is 0.153 e. The van der Waals surface area contributed by atoms with Crippen LogP contribution in [-0.2, 0) is 4.79 Å². The molecule has 1 aliphatic heterocycles. The Morgan fingerprint density at radius 2 is 1.73 bits per heavy atom. The van der Waals surface area contributed by atoms with Gasteiger partial charge in [0, 0.05) is 6.42 Å². The maximum absolute atomic E-state index is 12.3. The Hall–Kier alpha value is -0.370. The average Bonchev–Trinajstić information content (AvgIpc) is 2.90. The topological polar surface area (TPSA) is 20.3 Å². The molecule has 2 fully saturated rings. The summed E-state index contributed by atoms with van der Waals surface area (Å²) in [6.45, 7) is 4.44. The Kier molecular flexibility index (Phi) is 3.45. The lowest BCUT2D eigenvalue weighted by Gasteiger charge is -2.37. The normalized spacial score (nSPS) is 25.9. The molecule has 1 heterocycles. The molecule has 0 bridgehead atoms. The van der Waals surface area contributed by atoms with E-state index < -0.39 is 0 Å². The molecule has 1 aliphatic carbocycles. The van der Waals surface area contributed by atoms with Gasteiger partial charge in [0.15, 0.2) is 5.78 Å². The van der Waals surface area contributed by atoms with Crippen LogP contribution in [0.15, 0.2) is 0 Å². The number of hydrogen-bond donors (Lipinski definition) is 0. The van der Waals surface area contributed by atoms with Gasteiger partial charge in [-0.2, -0.15) is 0 Å². The van der Waals surface area contributed by atoms with E-state index in [4.69, 9.17) is 0 Å². The van der Waals surface area contributed by atoms with Crippen molar-refractivity contribution in [3.05, 3.63) is 0 Å². The van der Waals surface area contributed by atoms with Gasteiger partial charge in [0.25, 0.3) is 0 Å². The third kappa shape index (κ3) is 1.96. The van der Waals surface area contributed by atoms with Gasteiger partial charge in [-0.1, -0.05) is 19.8 Å². The predicted octanol–water partition coefficient (Wildman–Crippen LogP) is 2.76. The van der Waals surface area contributed by atoms with Crippen molar-refractivity contribution in [1.82, 2.24) is 4.90 Å². The fraction of sp³-hybridized carbons (Fsp3) is 0.923. The highest BCUT2D eigenvalue weighted by molar-refractivity contribution is 5.88. The SMILES string of the molecule is CCCC(=O)C1(N2CCCC2)CCCC1. The van der Waals surface area contributed by atoms with Crippen LogP contribution >= 0.6 is 0 Å². The van der Waals surface area contributed by atoms with Crippen molar-refractivity contribution >= 4 is 5.78 Å². The summed E-state index contributed by atoms with van der Waals surface area (Å²) in [6, 6.07) is 0. The Balaban J connectivity index is 2.11. The van der Waals surface area contributed by atoms with Gasteiger partial charge >= 0.3 is 0 Å². The minimum atomic E-state index is -0.0213. The standard InChI is InChI=1S/C13H23NO/c1-2-7-12(15)13(8-3-4-9-13)14-10-5-6-11-14/h2-11H2,1H3. The van der Waals surface area contributed by atoms with Crippen molar-refractivity contribution in [2.24, 2.45) is 0 Å². The summed E-state index contributed by atoms with van der Waals surface area (Å²) in [6.07, 6.45) is 9.16. The number of ketones is 1. The summed E-state index contributed by atoms with van der Waals surface area (Å²) in [5.74, 6) is 0.532. The van der Waals surface area contributed by atoms with Crippen LogP contribution in [-0.4, -0.2) is 29.3 Å². The molecule has 2 nitrogen and oxygen atoms in total. The average molecular weight is 209 g/mol. The molecule has 0 atom stereocenters. The minimum absolute atomic E-state index is 0.0213. The highest BCUT2D eigenvalue weighted by atomic mass is 16.1. The summed E-state index contributed by atoms with van der Waals surface area (Å²) in [5.41, 5.74) is -0.0213. The van der Waals surface area contributed by atoms with Gasteiger partial charge < -0.3 is 0 Å². The van der Waals surface area contributed by atoms with Gasteiger partial charge in [0.1, 0.15) is 0 Å². The zero-order chi connectivity index (χ0) is 10.7. The number of Topliss-reactive ketones (excluding diaryl/α,β-unsaturated/α-hetero) is 1. The first-order valence-corrected chi connectivity index (χ1v) is 6.58. The third-order valence-corrected chi connectivity index (χ3v) is 4.14. The molecule has 1 saturated carbocycles. The smallest absolute Gasteiger partial charge is 0.153 e. The molecular weight excluding hydrogens is 186 g/mol. The van der Waals surface area contributed by atoms with Crippen LogP contribution in [0.1, 0.15) is 58.3 Å². The molecule has 86 valence electrons. The van der Waals surface area contributed by atoms with E-state index in [2.05, 4.69) is 11.8 Å². The van der Waals surface area contributed by atoms with E-state index in [0.29, 0.717) is 5.78 Å². The van der Waals surface area contributed by atoms with Crippen molar-refractivity contribution in [3.63, 3.8) is 0 Å². The number of nitrogens with zero attached hydrogens (tertiary/aromatic N) is 1. The van der Waals surface area contributed by atoms with Crippen LogP contribution in [0.25, 0.3) is 0 Å². The first-order chi connectivity index (χ1) is 7.29. The Morgan fingerprint density at radius 3 is 2.27 bits per heavy atom. The number of likely N-dealkylation sites (tertiary alicyclic amines) is 1. The monoisotopic (exact) mass is 209 g/mol. The van der Waals surface area contributed by atoms with E-state index in [-0.39, 0.29) is 5.54 Å². The van der Waals surface area contributed by atoms with Crippen molar-refractivity contribution < 1.29 is 4.79 Å². The number of rotatable bonds is 4. The van der Waals surface area contributed by atoms with Crippen LogP contribution in [0.5, 0.6) is 0 Å². The first kappa shape index (κ1) is 11.1. The van der Waals surface area contributed by atoms with Gasteiger partial charge in [0.2, 0.25) is 0 Å². The molecule has 0 spiro atoms. The van der Waals surface area contributed by atoms with Crippen molar-refractivity contribution in [2.75, 3.05) is 13.1 Å². The highest BCUT2D eigenvalue weighted by Crippen LogP contribution is 2.39. The molecule has 2 aliphatic rings.